The molecule has 0 radical (unpaired) electrons. The average Bonchev–Trinajstić information content (AvgIpc) is 2.60. The van der Waals surface area contributed by atoms with Crippen molar-refractivity contribution < 1.29 is 19.1 Å². The van der Waals surface area contributed by atoms with Crippen LogP contribution in [0.3, 0.4) is 0 Å². The summed E-state index contributed by atoms with van der Waals surface area (Å²) in [5.41, 5.74) is 1.11. The molecule has 0 spiro atoms. The molecule has 1 amide bonds. The molecule has 0 saturated carbocycles. The highest BCUT2D eigenvalue weighted by Crippen LogP contribution is 2.20. The summed E-state index contributed by atoms with van der Waals surface area (Å²) >= 11 is 0. The van der Waals surface area contributed by atoms with E-state index in [4.69, 9.17) is 9.47 Å². The van der Waals surface area contributed by atoms with E-state index in [-0.39, 0.29) is 12.5 Å². The van der Waals surface area contributed by atoms with E-state index in [0.717, 1.165) is 24.5 Å². The first-order valence-corrected chi connectivity index (χ1v) is 7.60. The molecular weight excluding hydrogens is 296 g/mol. The smallest absolute Gasteiger partial charge is 0.330 e. The van der Waals surface area contributed by atoms with Crippen LogP contribution in [0.2, 0.25) is 0 Å². The number of methoxy groups -OCH3 is 1. The number of carbonyl (C=O) groups is 2. The van der Waals surface area contributed by atoms with Crippen LogP contribution in [-0.4, -0.2) is 56.7 Å². The fraction of sp³-hybridized carbons (Fsp3) is 0.412. The summed E-state index contributed by atoms with van der Waals surface area (Å²) in [5.74, 6) is 0.181. The molecule has 0 aliphatic carbocycles. The van der Waals surface area contributed by atoms with Gasteiger partial charge < -0.3 is 19.3 Å². The minimum Gasteiger partial charge on any atom is -0.497 e. The zero-order valence-corrected chi connectivity index (χ0v) is 13.5. The maximum Gasteiger partial charge on any atom is 0.330 e. The van der Waals surface area contributed by atoms with Gasteiger partial charge in [0, 0.05) is 37.9 Å². The summed E-state index contributed by atoms with van der Waals surface area (Å²) in [6.07, 6.45) is 2.88. The van der Waals surface area contributed by atoms with Gasteiger partial charge in [0.2, 0.25) is 0 Å². The molecule has 0 unspecified atom stereocenters. The van der Waals surface area contributed by atoms with Crippen molar-refractivity contribution >= 4 is 17.6 Å². The Kier molecular flexibility index (Phi) is 6.02. The number of amides is 1. The summed E-state index contributed by atoms with van der Waals surface area (Å²) in [7, 11) is 1.64. The largest absolute Gasteiger partial charge is 0.497 e. The Balaban J connectivity index is 1.80. The van der Waals surface area contributed by atoms with Gasteiger partial charge in [-0.1, -0.05) is 6.08 Å². The van der Waals surface area contributed by atoms with Crippen molar-refractivity contribution in [3.63, 3.8) is 0 Å². The summed E-state index contributed by atoms with van der Waals surface area (Å²) in [5, 5.41) is 0. The van der Waals surface area contributed by atoms with E-state index in [1.807, 2.05) is 24.3 Å². The summed E-state index contributed by atoms with van der Waals surface area (Å²) in [6.45, 7) is 4.26. The second-order valence-electron chi connectivity index (χ2n) is 5.17. The van der Waals surface area contributed by atoms with Crippen LogP contribution in [0.4, 0.5) is 5.69 Å². The van der Waals surface area contributed by atoms with Crippen molar-refractivity contribution in [3.8, 4) is 5.75 Å². The molecule has 6 heteroatoms. The number of nitrogens with zero attached hydrogens (tertiary/aromatic N) is 2. The van der Waals surface area contributed by atoms with Crippen LogP contribution in [0.15, 0.2) is 36.4 Å². The lowest BCUT2D eigenvalue weighted by Crippen LogP contribution is -2.49. The third-order valence-electron chi connectivity index (χ3n) is 3.71. The first-order valence-electron chi connectivity index (χ1n) is 7.60. The lowest BCUT2D eigenvalue weighted by Gasteiger charge is -2.36. The Morgan fingerprint density at radius 2 is 1.78 bits per heavy atom. The van der Waals surface area contributed by atoms with Crippen molar-refractivity contribution in [1.29, 1.82) is 0 Å². The van der Waals surface area contributed by atoms with Crippen LogP contribution in [-0.2, 0) is 14.3 Å². The van der Waals surface area contributed by atoms with E-state index >= 15 is 0 Å². The third kappa shape index (κ3) is 4.74. The first kappa shape index (κ1) is 16.9. The van der Waals surface area contributed by atoms with Crippen molar-refractivity contribution in [2.75, 3.05) is 44.8 Å². The molecule has 1 aliphatic heterocycles. The Hall–Kier alpha value is -2.50. The molecule has 124 valence electrons. The molecule has 2 rings (SSSR count). The number of rotatable bonds is 5. The molecule has 1 aromatic rings. The lowest BCUT2D eigenvalue weighted by atomic mass is 10.2. The highest BCUT2D eigenvalue weighted by atomic mass is 16.5. The summed E-state index contributed by atoms with van der Waals surface area (Å²) < 4.78 is 10.0. The highest BCUT2D eigenvalue weighted by Gasteiger charge is 2.21. The maximum atomic E-state index is 12.0. The number of piperazine rings is 1. The average molecular weight is 318 g/mol. The molecule has 1 heterocycles. The van der Waals surface area contributed by atoms with Crippen LogP contribution in [0.25, 0.3) is 0 Å². The molecule has 0 N–H and O–H groups in total. The molecule has 1 saturated heterocycles. The predicted octanol–water partition coefficient (Wildman–Crippen LogP) is 1.46. The van der Waals surface area contributed by atoms with Crippen LogP contribution >= 0.6 is 0 Å². The normalized spacial score (nSPS) is 14.9. The Morgan fingerprint density at radius 1 is 1.13 bits per heavy atom. The number of hydrogen-bond acceptors (Lipinski definition) is 5. The van der Waals surface area contributed by atoms with Crippen LogP contribution in [0.5, 0.6) is 5.75 Å². The molecule has 23 heavy (non-hydrogen) atoms. The third-order valence-corrected chi connectivity index (χ3v) is 3.71. The van der Waals surface area contributed by atoms with Gasteiger partial charge in [-0.2, -0.15) is 0 Å². The number of hydrogen-bond donors (Lipinski definition) is 0. The summed E-state index contributed by atoms with van der Waals surface area (Å²) in [4.78, 5) is 27.2. The highest BCUT2D eigenvalue weighted by molar-refractivity contribution is 5.85. The van der Waals surface area contributed by atoms with E-state index in [0.29, 0.717) is 13.1 Å². The molecule has 0 bridgehead atoms. The zero-order chi connectivity index (χ0) is 16.7. The SMILES string of the molecule is C/C=C\C(=O)OCC(=O)N1CCN(c2ccc(OC)cc2)CC1. The van der Waals surface area contributed by atoms with Crippen LogP contribution in [0.1, 0.15) is 6.92 Å². The van der Waals surface area contributed by atoms with Crippen molar-refractivity contribution in [2.45, 2.75) is 6.92 Å². The van der Waals surface area contributed by atoms with E-state index in [1.165, 1.54) is 6.08 Å². The van der Waals surface area contributed by atoms with Crippen molar-refractivity contribution in [1.82, 2.24) is 4.90 Å². The molecule has 0 atom stereocenters. The number of anilines is 1. The van der Waals surface area contributed by atoms with E-state index in [1.54, 1.807) is 25.0 Å². The van der Waals surface area contributed by atoms with E-state index in [9.17, 15) is 9.59 Å². The van der Waals surface area contributed by atoms with Gasteiger partial charge in [-0.05, 0) is 31.2 Å². The molecular formula is C17H22N2O4. The van der Waals surface area contributed by atoms with Crippen molar-refractivity contribution in [2.24, 2.45) is 0 Å². The van der Waals surface area contributed by atoms with Gasteiger partial charge in [0.15, 0.2) is 6.61 Å². The van der Waals surface area contributed by atoms with Gasteiger partial charge in [-0.25, -0.2) is 4.79 Å². The summed E-state index contributed by atoms with van der Waals surface area (Å²) in [6, 6.07) is 7.87. The fourth-order valence-corrected chi connectivity index (χ4v) is 2.42. The van der Waals surface area contributed by atoms with Gasteiger partial charge in [0.25, 0.3) is 5.91 Å². The number of ether oxygens (including phenoxy) is 2. The zero-order valence-electron chi connectivity index (χ0n) is 13.5. The van der Waals surface area contributed by atoms with Gasteiger partial charge in [0.05, 0.1) is 7.11 Å². The Morgan fingerprint density at radius 3 is 2.35 bits per heavy atom. The predicted molar refractivity (Wildman–Crippen MR) is 87.6 cm³/mol. The number of carbonyl (C=O) groups excluding carboxylic acids is 2. The maximum absolute atomic E-state index is 12.0. The molecule has 0 aromatic heterocycles. The second-order valence-corrected chi connectivity index (χ2v) is 5.17. The van der Waals surface area contributed by atoms with Gasteiger partial charge in [0.1, 0.15) is 5.75 Å². The van der Waals surface area contributed by atoms with Crippen molar-refractivity contribution in [3.05, 3.63) is 36.4 Å². The van der Waals surface area contributed by atoms with Crippen LogP contribution < -0.4 is 9.64 Å². The standard InChI is InChI=1S/C17H22N2O4/c1-3-4-17(21)23-13-16(20)19-11-9-18(10-12-19)14-5-7-15(22-2)8-6-14/h3-8H,9-13H2,1-2H3/b4-3-. The Bertz CT molecular complexity index is 560. The quantitative estimate of drug-likeness (QED) is 0.608. The number of esters is 1. The lowest BCUT2D eigenvalue weighted by molar-refractivity contribution is -0.148. The number of allylic oxidation sites excluding steroid dienone is 1. The molecule has 1 aliphatic rings. The first-order chi connectivity index (χ1) is 11.1. The second kappa shape index (κ2) is 8.22. The molecule has 6 nitrogen and oxygen atoms in total. The van der Waals surface area contributed by atoms with Gasteiger partial charge in [-0.15, -0.1) is 0 Å². The van der Waals surface area contributed by atoms with Crippen LogP contribution in [0, 0.1) is 0 Å². The number of benzene rings is 1. The minimum absolute atomic E-state index is 0.155. The fourth-order valence-electron chi connectivity index (χ4n) is 2.42. The van der Waals surface area contributed by atoms with E-state index in [2.05, 4.69) is 4.90 Å². The molecule has 1 aromatic carbocycles. The van der Waals surface area contributed by atoms with E-state index < -0.39 is 5.97 Å². The topological polar surface area (TPSA) is 59.1 Å². The van der Waals surface area contributed by atoms with Gasteiger partial charge >= 0.3 is 5.97 Å². The van der Waals surface area contributed by atoms with Gasteiger partial charge in [-0.3, -0.25) is 4.79 Å². The monoisotopic (exact) mass is 318 g/mol. The Labute approximate surface area is 136 Å². The molecule has 1 fully saturated rings. The minimum atomic E-state index is -0.488.